The molecule has 0 aromatic heterocycles. The molecule has 0 atom stereocenters. The van der Waals surface area contributed by atoms with Crippen molar-refractivity contribution in [1.29, 1.82) is 21.0 Å². The molecular weight excluding hydrogens is 304 g/mol. The molecule has 0 bridgehead atoms. The van der Waals surface area contributed by atoms with E-state index >= 15 is 0 Å². The van der Waals surface area contributed by atoms with E-state index in [-0.39, 0.29) is 22.3 Å². The first-order valence-electron chi connectivity index (χ1n) is 5.68. The van der Waals surface area contributed by atoms with Crippen molar-refractivity contribution in [1.82, 2.24) is 0 Å². The van der Waals surface area contributed by atoms with Crippen molar-refractivity contribution in [3.63, 3.8) is 0 Å². The smallest absolute Gasteiger partial charge is 0.226 e. The number of nitrogens with zero attached hydrogens (tertiary/aromatic N) is 8. The lowest BCUT2D eigenvalue weighted by Gasteiger charge is -2.32. The summed E-state index contributed by atoms with van der Waals surface area (Å²) in [4.78, 5) is 11.9. The zero-order chi connectivity index (χ0) is 18.3. The number of rotatable bonds is 0. The molecule has 0 aromatic carbocycles. The second kappa shape index (κ2) is 7.05. The summed E-state index contributed by atoms with van der Waals surface area (Å²) in [6.45, 7) is 28.1. The molecule has 1 saturated carbocycles. The first kappa shape index (κ1) is 16.9. The molecule has 104 valence electrons. The summed E-state index contributed by atoms with van der Waals surface area (Å²) in [6.07, 6.45) is 0. The minimum atomic E-state index is -0.543. The lowest BCUT2D eigenvalue weighted by Crippen LogP contribution is -2.19. The van der Waals surface area contributed by atoms with E-state index in [9.17, 15) is 0 Å². The van der Waals surface area contributed by atoms with Crippen LogP contribution in [0.4, 0.5) is 0 Å². The molecule has 1 aliphatic carbocycles. The third kappa shape index (κ3) is 2.32. The molecule has 1 rings (SSSR count). The van der Waals surface area contributed by atoms with E-state index in [1.165, 1.54) is 0 Å². The molecule has 0 aliphatic heterocycles. The SMILES string of the molecule is [C-]#[N+]C(C#N)=C1C(=C(C#N)[N+]#[C-])C(=C(C#N)[N+]#[C-])C1=C(C#N)[N+]#[C-]. The van der Waals surface area contributed by atoms with E-state index in [4.69, 9.17) is 47.3 Å². The quantitative estimate of drug-likeness (QED) is 0.505. The summed E-state index contributed by atoms with van der Waals surface area (Å²) in [6, 6.07) is 6.26. The molecule has 0 N–H and O–H groups in total. The van der Waals surface area contributed by atoms with Gasteiger partial charge in [-0.25, -0.2) is 40.4 Å². The van der Waals surface area contributed by atoms with Crippen LogP contribution >= 0.6 is 0 Å². The van der Waals surface area contributed by atoms with Crippen molar-refractivity contribution in [3.05, 3.63) is 90.7 Å². The Bertz CT molecular complexity index is 850. The van der Waals surface area contributed by atoms with Crippen molar-refractivity contribution in [2.75, 3.05) is 0 Å². The standard InChI is InChI=1S/C16N8/c1-21-9(5-17)13-14(10(6-18)22-2)16(12(8-20)24-4)15(13)11(7-19)23-3. The first-order valence-corrected chi connectivity index (χ1v) is 5.68. The fraction of sp³-hybridized carbons (Fsp3) is 0. The van der Waals surface area contributed by atoms with E-state index < -0.39 is 22.8 Å². The van der Waals surface area contributed by atoms with Crippen LogP contribution in [0, 0.1) is 71.6 Å². The van der Waals surface area contributed by atoms with Crippen LogP contribution in [0.15, 0.2) is 45.1 Å². The Morgan fingerprint density at radius 1 is 0.500 bits per heavy atom. The van der Waals surface area contributed by atoms with Gasteiger partial charge in [-0.2, -0.15) is 0 Å². The second-order valence-corrected chi connectivity index (χ2v) is 3.79. The van der Waals surface area contributed by atoms with Crippen LogP contribution in [0.5, 0.6) is 0 Å². The lowest BCUT2D eigenvalue weighted by molar-refractivity contribution is 1.16. The highest BCUT2D eigenvalue weighted by molar-refractivity contribution is 5.88. The Kier molecular flexibility index (Phi) is 4.97. The maximum atomic E-state index is 9.06. The molecule has 1 aliphatic rings. The minimum Gasteiger partial charge on any atom is -0.226 e. The van der Waals surface area contributed by atoms with Crippen LogP contribution in [0.25, 0.3) is 19.4 Å². The highest BCUT2D eigenvalue weighted by atomic mass is 14.8. The molecule has 0 aromatic rings. The predicted octanol–water partition coefficient (Wildman–Crippen LogP) is 2.79. The van der Waals surface area contributed by atoms with E-state index in [2.05, 4.69) is 19.4 Å². The molecule has 0 heterocycles. The Morgan fingerprint density at radius 2 is 0.667 bits per heavy atom. The van der Waals surface area contributed by atoms with Gasteiger partial charge < -0.3 is 0 Å². The Balaban J connectivity index is 4.31. The van der Waals surface area contributed by atoms with Gasteiger partial charge in [-0.3, -0.25) is 0 Å². The van der Waals surface area contributed by atoms with Gasteiger partial charge in [-0.15, -0.1) is 0 Å². The average molecular weight is 304 g/mol. The van der Waals surface area contributed by atoms with Gasteiger partial charge in [0.05, 0.1) is 50.6 Å². The molecule has 0 amide bonds. The van der Waals surface area contributed by atoms with Crippen LogP contribution in [-0.2, 0) is 0 Å². The summed E-state index contributed by atoms with van der Waals surface area (Å²) in [7, 11) is 0. The summed E-state index contributed by atoms with van der Waals surface area (Å²) >= 11 is 0. The molecular formula is C16N8. The van der Waals surface area contributed by atoms with Gasteiger partial charge in [0.15, 0.2) is 0 Å². The first-order chi connectivity index (χ1) is 11.6. The zero-order valence-corrected chi connectivity index (χ0v) is 11.6. The molecule has 8 nitrogen and oxygen atoms in total. The van der Waals surface area contributed by atoms with E-state index in [1.807, 2.05) is 0 Å². The van der Waals surface area contributed by atoms with Crippen LogP contribution in [0.1, 0.15) is 0 Å². The highest BCUT2D eigenvalue weighted by Gasteiger charge is 2.39. The maximum Gasteiger partial charge on any atom is 0.267 e. The molecule has 8 heteroatoms. The van der Waals surface area contributed by atoms with Gasteiger partial charge >= 0.3 is 0 Å². The van der Waals surface area contributed by atoms with Crippen molar-refractivity contribution < 1.29 is 0 Å². The molecule has 0 radical (unpaired) electrons. The van der Waals surface area contributed by atoms with Gasteiger partial charge in [-0.1, -0.05) is 0 Å². The molecule has 1 fully saturated rings. The topological polar surface area (TPSA) is 113 Å². The molecule has 0 saturated heterocycles. The minimum absolute atomic E-state index is 0.237. The summed E-state index contributed by atoms with van der Waals surface area (Å²) in [5.74, 6) is 0. The van der Waals surface area contributed by atoms with Crippen molar-refractivity contribution in [3.8, 4) is 24.3 Å². The van der Waals surface area contributed by atoms with Gasteiger partial charge in [0, 0.05) is 0 Å². The maximum absolute atomic E-state index is 9.06. The Morgan fingerprint density at radius 3 is 0.750 bits per heavy atom. The van der Waals surface area contributed by atoms with E-state index in [0.717, 1.165) is 0 Å². The Hall–Kier alpha value is -5.12. The summed E-state index contributed by atoms with van der Waals surface area (Å²) < 4.78 is 0. The highest BCUT2D eigenvalue weighted by Crippen LogP contribution is 2.51. The third-order valence-corrected chi connectivity index (χ3v) is 2.82. The van der Waals surface area contributed by atoms with Crippen LogP contribution in [0.2, 0.25) is 0 Å². The van der Waals surface area contributed by atoms with Gasteiger partial charge in [0.2, 0.25) is 0 Å². The zero-order valence-electron chi connectivity index (χ0n) is 11.6. The number of hydrogen-bond acceptors (Lipinski definition) is 4. The average Bonchev–Trinajstić information content (AvgIpc) is 2.62. The van der Waals surface area contributed by atoms with Crippen molar-refractivity contribution in [2.24, 2.45) is 0 Å². The monoisotopic (exact) mass is 304 g/mol. The predicted molar refractivity (Wildman–Crippen MR) is 77.0 cm³/mol. The van der Waals surface area contributed by atoms with Gasteiger partial charge in [0.1, 0.15) is 0 Å². The van der Waals surface area contributed by atoms with Gasteiger partial charge in [0.25, 0.3) is 22.8 Å². The number of hydrogen-bond donors (Lipinski definition) is 0. The van der Waals surface area contributed by atoms with E-state index in [0.29, 0.717) is 0 Å². The van der Waals surface area contributed by atoms with Crippen molar-refractivity contribution in [2.45, 2.75) is 0 Å². The molecule has 0 spiro atoms. The lowest BCUT2D eigenvalue weighted by atomic mass is 9.70. The largest absolute Gasteiger partial charge is 0.267 e. The van der Waals surface area contributed by atoms with Crippen LogP contribution in [-0.4, -0.2) is 0 Å². The fourth-order valence-corrected chi connectivity index (χ4v) is 1.93. The molecule has 24 heavy (non-hydrogen) atoms. The Labute approximate surface area is 136 Å². The van der Waals surface area contributed by atoms with Gasteiger partial charge in [-0.05, 0) is 22.3 Å². The third-order valence-electron chi connectivity index (χ3n) is 2.82. The number of nitriles is 4. The fourth-order valence-electron chi connectivity index (χ4n) is 1.93. The molecule has 0 unspecified atom stereocenters. The van der Waals surface area contributed by atoms with Crippen LogP contribution < -0.4 is 0 Å². The van der Waals surface area contributed by atoms with Crippen LogP contribution in [0.3, 0.4) is 0 Å². The normalized spacial score (nSPS) is 10.7. The second-order valence-electron chi connectivity index (χ2n) is 3.79. The van der Waals surface area contributed by atoms with Crippen molar-refractivity contribution >= 4 is 0 Å². The number of allylic oxidation sites excluding steroid dienone is 8. The summed E-state index contributed by atoms with van der Waals surface area (Å²) in [5.41, 5.74) is -3.12. The summed E-state index contributed by atoms with van der Waals surface area (Å²) in [5, 5.41) is 36.2. The van der Waals surface area contributed by atoms with E-state index in [1.54, 1.807) is 24.3 Å².